The van der Waals surface area contributed by atoms with Crippen LogP contribution in [0.3, 0.4) is 0 Å². The van der Waals surface area contributed by atoms with Gasteiger partial charge in [0, 0.05) is 26.1 Å². The van der Waals surface area contributed by atoms with Crippen LogP contribution in [0.1, 0.15) is 25.7 Å². The summed E-state index contributed by atoms with van der Waals surface area (Å²) in [6.45, 7) is 4.49. The smallest absolute Gasteiger partial charge is 0.0990 e. The van der Waals surface area contributed by atoms with E-state index in [9.17, 15) is 0 Å². The third-order valence-corrected chi connectivity index (χ3v) is 2.53. The second-order valence-corrected chi connectivity index (χ2v) is 3.67. The van der Waals surface area contributed by atoms with Gasteiger partial charge in [-0.05, 0) is 19.4 Å². The first-order chi connectivity index (χ1) is 6.88. The van der Waals surface area contributed by atoms with Crippen LogP contribution in [0.25, 0.3) is 0 Å². The molecule has 0 saturated carbocycles. The van der Waals surface area contributed by atoms with Crippen LogP contribution in [0.2, 0.25) is 0 Å². The van der Waals surface area contributed by atoms with Crippen LogP contribution in [-0.4, -0.2) is 43.5 Å². The van der Waals surface area contributed by atoms with E-state index in [1.54, 1.807) is 0 Å². The average molecular weight is 198 g/mol. The summed E-state index contributed by atoms with van der Waals surface area (Å²) >= 11 is 0. The summed E-state index contributed by atoms with van der Waals surface area (Å²) in [7, 11) is 0. The third kappa shape index (κ3) is 3.64. The van der Waals surface area contributed by atoms with Crippen molar-refractivity contribution < 1.29 is 0 Å². The van der Waals surface area contributed by atoms with Gasteiger partial charge < -0.3 is 16.4 Å². The van der Waals surface area contributed by atoms with Gasteiger partial charge in [-0.1, -0.05) is 6.42 Å². The summed E-state index contributed by atoms with van der Waals surface area (Å²) in [5, 5.41) is 0. The SMILES string of the molecule is NCCCCCC1=NCCN1CCN. The van der Waals surface area contributed by atoms with Gasteiger partial charge >= 0.3 is 0 Å². The molecule has 82 valence electrons. The Morgan fingerprint density at radius 2 is 2.00 bits per heavy atom. The Bertz CT molecular complexity index is 179. The van der Waals surface area contributed by atoms with Crippen molar-refractivity contribution in [3.63, 3.8) is 0 Å². The molecule has 0 aliphatic carbocycles. The molecule has 0 aromatic carbocycles. The fraction of sp³-hybridized carbons (Fsp3) is 0.900. The minimum atomic E-state index is 0.724. The second-order valence-electron chi connectivity index (χ2n) is 3.67. The summed E-state index contributed by atoms with van der Waals surface area (Å²) in [6.07, 6.45) is 4.65. The first-order valence-corrected chi connectivity index (χ1v) is 5.57. The number of aliphatic imine (C=N–C) groups is 1. The van der Waals surface area contributed by atoms with E-state index in [1.165, 1.54) is 18.7 Å². The monoisotopic (exact) mass is 198 g/mol. The van der Waals surface area contributed by atoms with Gasteiger partial charge in [-0.25, -0.2) is 0 Å². The summed E-state index contributed by atoms with van der Waals surface area (Å²) in [4.78, 5) is 6.80. The van der Waals surface area contributed by atoms with Crippen LogP contribution in [0.5, 0.6) is 0 Å². The molecule has 0 radical (unpaired) electrons. The standard InChI is InChI=1S/C10H22N4/c11-5-3-1-2-4-10-13-7-9-14(10)8-6-12/h1-9,11-12H2. The van der Waals surface area contributed by atoms with E-state index in [-0.39, 0.29) is 0 Å². The van der Waals surface area contributed by atoms with Crippen molar-refractivity contribution in [1.82, 2.24) is 4.90 Å². The molecular weight excluding hydrogens is 176 g/mol. The van der Waals surface area contributed by atoms with E-state index >= 15 is 0 Å². The fourth-order valence-corrected chi connectivity index (χ4v) is 1.77. The van der Waals surface area contributed by atoms with Gasteiger partial charge in [-0.2, -0.15) is 0 Å². The molecule has 0 bridgehead atoms. The molecule has 14 heavy (non-hydrogen) atoms. The van der Waals surface area contributed by atoms with Crippen molar-refractivity contribution in [1.29, 1.82) is 0 Å². The predicted octanol–water partition coefficient (Wildman–Crippen LogP) is 0.178. The van der Waals surface area contributed by atoms with E-state index in [2.05, 4.69) is 9.89 Å². The molecule has 0 spiro atoms. The highest BCUT2D eigenvalue weighted by Crippen LogP contribution is 2.08. The normalized spacial score (nSPS) is 16.1. The maximum Gasteiger partial charge on any atom is 0.0990 e. The predicted molar refractivity (Wildman–Crippen MR) is 60.5 cm³/mol. The lowest BCUT2D eigenvalue weighted by Gasteiger charge is -2.19. The first-order valence-electron chi connectivity index (χ1n) is 5.57. The Kier molecular flexibility index (Phi) is 5.56. The van der Waals surface area contributed by atoms with E-state index in [1.807, 2.05) is 0 Å². The molecule has 0 aromatic rings. The number of amidine groups is 1. The molecule has 0 saturated heterocycles. The van der Waals surface area contributed by atoms with Gasteiger partial charge in [-0.3, -0.25) is 4.99 Å². The molecular formula is C10H22N4. The highest BCUT2D eigenvalue weighted by molar-refractivity contribution is 5.83. The lowest BCUT2D eigenvalue weighted by atomic mass is 10.2. The molecule has 0 amide bonds. The Balaban J connectivity index is 2.15. The lowest BCUT2D eigenvalue weighted by Crippen LogP contribution is -2.32. The molecule has 1 aliphatic rings. The summed E-state index contributed by atoms with van der Waals surface area (Å²) in [6, 6.07) is 0. The first kappa shape index (κ1) is 11.5. The Labute approximate surface area is 86.4 Å². The highest BCUT2D eigenvalue weighted by Gasteiger charge is 2.14. The maximum atomic E-state index is 5.53. The molecule has 1 heterocycles. The molecule has 0 aromatic heterocycles. The zero-order valence-electron chi connectivity index (χ0n) is 8.91. The van der Waals surface area contributed by atoms with E-state index in [0.717, 1.165) is 45.6 Å². The third-order valence-electron chi connectivity index (χ3n) is 2.53. The number of hydrogen-bond acceptors (Lipinski definition) is 4. The Morgan fingerprint density at radius 1 is 1.14 bits per heavy atom. The van der Waals surface area contributed by atoms with Crippen LogP contribution in [0, 0.1) is 0 Å². The largest absolute Gasteiger partial charge is 0.357 e. The van der Waals surface area contributed by atoms with Crippen molar-refractivity contribution >= 4 is 5.84 Å². The second kappa shape index (κ2) is 6.79. The van der Waals surface area contributed by atoms with Gasteiger partial charge in [0.1, 0.15) is 0 Å². The molecule has 4 heteroatoms. The topological polar surface area (TPSA) is 67.6 Å². The van der Waals surface area contributed by atoms with Gasteiger partial charge in [0.2, 0.25) is 0 Å². The molecule has 1 rings (SSSR count). The number of unbranched alkanes of at least 4 members (excludes halogenated alkanes) is 2. The zero-order chi connectivity index (χ0) is 10.2. The van der Waals surface area contributed by atoms with Gasteiger partial charge in [-0.15, -0.1) is 0 Å². The van der Waals surface area contributed by atoms with Gasteiger partial charge in [0.15, 0.2) is 0 Å². The molecule has 4 N–H and O–H groups in total. The lowest BCUT2D eigenvalue weighted by molar-refractivity contribution is 0.456. The van der Waals surface area contributed by atoms with Crippen LogP contribution < -0.4 is 11.5 Å². The van der Waals surface area contributed by atoms with Crippen LogP contribution in [0.4, 0.5) is 0 Å². The van der Waals surface area contributed by atoms with Gasteiger partial charge in [0.05, 0.1) is 12.4 Å². The van der Waals surface area contributed by atoms with Crippen molar-refractivity contribution in [2.75, 3.05) is 32.7 Å². The van der Waals surface area contributed by atoms with Crippen LogP contribution in [0.15, 0.2) is 4.99 Å². The summed E-state index contributed by atoms with van der Waals surface area (Å²) in [5.74, 6) is 1.26. The van der Waals surface area contributed by atoms with Crippen molar-refractivity contribution in [3.8, 4) is 0 Å². The molecule has 0 fully saturated rings. The quantitative estimate of drug-likeness (QED) is 0.573. The molecule has 4 nitrogen and oxygen atoms in total. The van der Waals surface area contributed by atoms with Gasteiger partial charge in [0.25, 0.3) is 0 Å². The number of rotatable bonds is 7. The van der Waals surface area contributed by atoms with Crippen molar-refractivity contribution in [2.45, 2.75) is 25.7 Å². The number of hydrogen-bond donors (Lipinski definition) is 2. The zero-order valence-corrected chi connectivity index (χ0v) is 8.91. The fourth-order valence-electron chi connectivity index (χ4n) is 1.77. The Hall–Kier alpha value is -0.610. The highest BCUT2D eigenvalue weighted by atomic mass is 15.2. The average Bonchev–Trinajstić information content (AvgIpc) is 2.61. The molecule has 0 unspecified atom stereocenters. The van der Waals surface area contributed by atoms with E-state index in [4.69, 9.17) is 11.5 Å². The van der Waals surface area contributed by atoms with Crippen LogP contribution in [-0.2, 0) is 0 Å². The van der Waals surface area contributed by atoms with Crippen molar-refractivity contribution in [2.24, 2.45) is 16.5 Å². The molecule has 1 aliphatic heterocycles. The van der Waals surface area contributed by atoms with E-state index < -0.39 is 0 Å². The minimum Gasteiger partial charge on any atom is -0.357 e. The number of nitrogens with zero attached hydrogens (tertiary/aromatic N) is 2. The number of nitrogens with two attached hydrogens (primary N) is 2. The summed E-state index contributed by atoms with van der Waals surface area (Å²) in [5.41, 5.74) is 11.0. The minimum absolute atomic E-state index is 0.724. The summed E-state index contributed by atoms with van der Waals surface area (Å²) < 4.78 is 0. The van der Waals surface area contributed by atoms with Crippen LogP contribution >= 0.6 is 0 Å². The van der Waals surface area contributed by atoms with E-state index in [0.29, 0.717) is 0 Å². The Morgan fingerprint density at radius 3 is 2.71 bits per heavy atom. The molecule has 0 atom stereocenters. The van der Waals surface area contributed by atoms with Crippen molar-refractivity contribution in [3.05, 3.63) is 0 Å². The maximum absolute atomic E-state index is 5.53.